The zero-order valence-corrected chi connectivity index (χ0v) is 14.4. The van der Waals surface area contributed by atoms with Crippen molar-refractivity contribution >= 4 is 11.7 Å². The minimum atomic E-state index is -0.564. The van der Waals surface area contributed by atoms with Crippen molar-refractivity contribution in [2.24, 2.45) is 5.92 Å². The smallest absolute Gasteiger partial charge is 0.319 e. The molecule has 1 aromatic carbocycles. The van der Waals surface area contributed by atoms with Gasteiger partial charge in [-0.1, -0.05) is 32.9 Å². The third kappa shape index (κ3) is 4.79. The first-order valence-corrected chi connectivity index (χ1v) is 8.03. The average molecular weight is 332 g/mol. The Balaban J connectivity index is 1.93. The number of amides is 2. The van der Waals surface area contributed by atoms with Crippen molar-refractivity contribution < 1.29 is 14.4 Å². The van der Waals surface area contributed by atoms with E-state index in [0.717, 1.165) is 5.56 Å². The minimum absolute atomic E-state index is 0.0923. The van der Waals surface area contributed by atoms with Crippen LogP contribution in [0.3, 0.4) is 0 Å². The Hall–Kier alpha value is -2.41. The van der Waals surface area contributed by atoms with Crippen LogP contribution in [-0.2, 0) is 0 Å². The largest absolute Gasteiger partial charge is 0.391 e. The zero-order chi connectivity index (χ0) is 17.7. The van der Waals surface area contributed by atoms with Gasteiger partial charge in [-0.2, -0.15) is 4.98 Å². The fraction of sp³-hybridized carbons (Fsp3) is 0.471. The van der Waals surface area contributed by atoms with Gasteiger partial charge in [0.05, 0.1) is 6.10 Å². The number of carbonyl (C=O) groups excluding carboxylic acids is 1. The second-order valence-electron chi connectivity index (χ2n) is 6.34. The molecule has 2 rings (SSSR count). The van der Waals surface area contributed by atoms with Crippen LogP contribution in [0.4, 0.5) is 10.5 Å². The van der Waals surface area contributed by atoms with Crippen molar-refractivity contribution in [3.8, 4) is 11.5 Å². The topological polar surface area (TPSA) is 100 Å². The van der Waals surface area contributed by atoms with Crippen molar-refractivity contribution in [1.82, 2.24) is 15.5 Å². The number of carbonyl (C=O) groups is 1. The van der Waals surface area contributed by atoms with E-state index in [0.29, 0.717) is 17.4 Å². The van der Waals surface area contributed by atoms with Crippen molar-refractivity contribution in [3.63, 3.8) is 0 Å². The molecule has 1 atom stereocenters. The molecule has 1 aromatic heterocycles. The normalized spacial score (nSPS) is 12.5. The Labute approximate surface area is 141 Å². The molecule has 1 heterocycles. The Bertz CT molecular complexity index is 665. The van der Waals surface area contributed by atoms with E-state index in [9.17, 15) is 9.90 Å². The summed E-state index contributed by atoms with van der Waals surface area (Å²) in [5.74, 6) is 1.41. The van der Waals surface area contributed by atoms with Gasteiger partial charge in [0.2, 0.25) is 0 Å². The molecule has 0 spiro atoms. The van der Waals surface area contributed by atoms with Gasteiger partial charge in [0.1, 0.15) is 0 Å². The van der Waals surface area contributed by atoms with Gasteiger partial charge < -0.3 is 20.3 Å². The third-order valence-electron chi connectivity index (χ3n) is 3.59. The number of aliphatic hydroxyl groups is 1. The number of hydrogen-bond donors (Lipinski definition) is 3. The van der Waals surface area contributed by atoms with Crippen LogP contribution in [0.15, 0.2) is 28.8 Å². The molecule has 0 fully saturated rings. The molecule has 0 radical (unpaired) electrons. The van der Waals surface area contributed by atoms with Gasteiger partial charge in [0.25, 0.3) is 5.89 Å². The fourth-order valence-electron chi connectivity index (χ4n) is 1.89. The van der Waals surface area contributed by atoms with Crippen LogP contribution in [0.25, 0.3) is 11.5 Å². The lowest BCUT2D eigenvalue weighted by atomic mass is 10.1. The Kier molecular flexibility index (Phi) is 5.92. The van der Waals surface area contributed by atoms with Gasteiger partial charge in [0.15, 0.2) is 5.82 Å². The molecule has 0 saturated carbocycles. The number of hydrogen-bond acceptors (Lipinski definition) is 5. The van der Waals surface area contributed by atoms with Gasteiger partial charge in [-0.3, -0.25) is 0 Å². The summed E-state index contributed by atoms with van der Waals surface area (Å²) < 4.78 is 5.23. The maximum absolute atomic E-state index is 11.8. The maximum Gasteiger partial charge on any atom is 0.319 e. The summed E-state index contributed by atoms with van der Waals surface area (Å²) in [7, 11) is 0. The zero-order valence-electron chi connectivity index (χ0n) is 14.4. The van der Waals surface area contributed by atoms with Crippen molar-refractivity contribution in [2.45, 2.75) is 39.7 Å². The van der Waals surface area contributed by atoms with Crippen LogP contribution < -0.4 is 10.6 Å². The molecule has 130 valence electrons. The number of benzene rings is 1. The fourth-order valence-corrected chi connectivity index (χ4v) is 1.89. The Morgan fingerprint density at radius 1 is 1.21 bits per heavy atom. The minimum Gasteiger partial charge on any atom is -0.391 e. The molecule has 24 heavy (non-hydrogen) atoms. The summed E-state index contributed by atoms with van der Waals surface area (Å²) in [4.78, 5) is 16.1. The number of nitrogens with one attached hydrogen (secondary N) is 2. The van der Waals surface area contributed by atoms with Crippen molar-refractivity contribution in [1.29, 1.82) is 0 Å². The Morgan fingerprint density at radius 3 is 2.42 bits per heavy atom. The van der Waals surface area contributed by atoms with Gasteiger partial charge >= 0.3 is 6.03 Å². The van der Waals surface area contributed by atoms with E-state index < -0.39 is 6.10 Å². The second kappa shape index (κ2) is 7.92. The average Bonchev–Trinajstić information content (AvgIpc) is 3.03. The second-order valence-corrected chi connectivity index (χ2v) is 6.34. The van der Waals surface area contributed by atoms with Crippen LogP contribution in [0.2, 0.25) is 0 Å². The van der Waals surface area contributed by atoms with Crippen molar-refractivity contribution in [3.05, 3.63) is 30.1 Å². The number of anilines is 1. The van der Waals surface area contributed by atoms with Gasteiger partial charge in [-0.25, -0.2) is 4.79 Å². The molecule has 0 aliphatic carbocycles. The number of aromatic nitrogens is 2. The van der Waals surface area contributed by atoms with E-state index in [2.05, 4.69) is 20.8 Å². The summed E-state index contributed by atoms with van der Waals surface area (Å²) in [6.07, 6.45) is -0.564. The predicted octanol–water partition coefficient (Wildman–Crippen LogP) is 3.00. The molecule has 7 nitrogen and oxygen atoms in total. The number of rotatable bonds is 6. The van der Waals surface area contributed by atoms with E-state index in [1.807, 2.05) is 27.7 Å². The van der Waals surface area contributed by atoms with E-state index in [4.69, 9.17) is 4.52 Å². The van der Waals surface area contributed by atoms with Crippen LogP contribution in [-0.4, -0.2) is 33.9 Å². The lowest BCUT2D eigenvalue weighted by Crippen LogP contribution is -2.37. The molecule has 2 aromatic rings. The van der Waals surface area contributed by atoms with E-state index in [1.54, 1.807) is 24.3 Å². The SMILES string of the molecule is CC(C)c1noc(-c2ccc(NC(=O)NC[C@@H](O)C(C)C)cc2)n1. The van der Waals surface area contributed by atoms with Crippen LogP contribution >= 0.6 is 0 Å². The number of nitrogens with zero attached hydrogens (tertiary/aromatic N) is 2. The highest BCUT2D eigenvalue weighted by Gasteiger charge is 2.12. The first-order valence-electron chi connectivity index (χ1n) is 8.03. The molecule has 0 aliphatic rings. The van der Waals surface area contributed by atoms with Gasteiger partial charge in [-0.05, 0) is 30.2 Å². The number of urea groups is 1. The molecule has 2 amide bonds. The van der Waals surface area contributed by atoms with Crippen LogP contribution in [0.1, 0.15) is 39.4 Å². The summed E-state index contributed by atoms with van der Waals surface area (Å²) in [6.45, 7) is 7.99. The van der Waals surface area contributed by atoms with Crippen LogP contribution in [0, 0.1) is 5.92 Å². The lowest BCUT2D eigenvalue weighted by molar-refractivity contribution is 0.126. The molecule has 7 heteroatoms. The first-order chi connectivity index (χ1) is 11.4. The quantitative estimate of drug-likeness (QED) is 0.755. The first kappa shape index (κ1) is 17.9. The highest BCUT2D eigenvalue weighted by Crippen LogP contribution is 2.21. The third-order valence-corrected chi connectivity index (χ3v) is 3.59. The summed E-state index contributed by atoms with van der Waals surface area (Å²) in [6, 6.07) is 6.76. The highest BCUT2D eigenvalue weighted by molar-refractivity contribution is 5.89. The van der Waals surface area contributed by atoms with Crippen molar-refractivity contribution in [2.75, 3.05) is 11.9 Å². The van der Waals surface area contributed by atoms with E-state index in [-0.39, 0.29) is 24.4 Å². The summed E-state index contributed by atoms with van der Waals surface area (Å²) >= 11 is 0. The molecule has 0 unspecified atom stereocenters. The summed E-state index contributed by atoms with van der Waals surface area (Å²) in [5, 5.41) is 19.0. The molecular weight excluding hydrogens is 308 g/mol. The monoisotopic (exact) mass is 332 g/mol. The molecule has 0 saturated heterocycles. The molecule has 3 N–H and O–H groups in total. The lowest BCUT2D eigenvalue weighted by Gasteiger charge is -2.15. The molecule has 0 bridgehead atoms. The molecular formula is C17H24N4O3. The van der Waals surface area contributed by atoms with E-state index >= 15 is 0 Å². The van der Waals surface area contributed by atoms with Crippen LogP contribution in [0.5, 0.6) is 0 Å². The predicted molar refractivity (Wildman–Crippen MR) is 91.7 cm³/mol. The standard InChI is InChI=1S/C17H24N4O3/c1-10(2)14(22)9-18-17(23)19-13-7-5-12(6-8-13)16-20-15(11(3)4)21-24-16/h5-8,10-11,14,22H,9H2,1-4H3,(H2,18,19,23)/t14-/m1/s1. The van der Waals surface area contributed by atoms with Gasteiger partial charge in [-0.15, -0.1) is 0 Å². The Morgan fingerprint density at radius 2 is 1.88 bits per heavy atom. The molecule has 0 aliphatic heterocycles. The van der Waals surface area contributed by atoms with Gasteiger partial charge in [0, 0.05) is 23.7 Å². The summed E-state index contributed by atoms with van der Waals surface area (Å²) in [5.41, 5.74) is 1.43. The maximum atomic E-state index is 11.8. The number of aliphatic hydroxyl groups excluding tert-OH is 1. The van der Waals surface area contributed by atoms with E-state index in [1.165, 1.54) is 0 Å². The highest BCUT2D eigenvalue weighted by atomic mass is 16.5.